The van der Waals surface area contributed by atoms with Gasteiger partial charge in [0.25, 0.3) is 0 Å². The zero-order chi connectivity index (χ0) is 17.3. The average molecular weight is 342 g/mol. The maximum Gasteiger partial charge on any atom is 0.433 e. The van der Waals surface area contributed by atoms with Crippen molar-refractivity contribution in [1.82, 2.24) is 15.2 Å². The van der Waals surface area contributed by atoms with Crippen LogP contribution in [0.1, 0.15) is 25.5 Å². The van der Waals surface area contributed by atoms with Crippen LogP contribution in [0.5, 0.6) is 0 Å². The minimum Gasteiger partial charge on any atom is -0.354 e. The van der Waals surface area contributed by atoms with Gasteiger partial charge in [-0.25, -0.2) is 4.98 Å². The van der Waals surface area contributed by atoms with Gasteiger partial charge in [0.2, 0.25) is 5.91 Å². The maximum atomic E-state index is 12.8. The van der Waals surface area contributed by atoms with Gasteiger partial charge in [-0.15, -0.1) is 0 Å². The first-order chi connectivity index (χ1) is 11.3. The normalized spacial score (nSPS) is 20.8. The minimum atomic E-state index is -4.44. The number of halogens is 3. The zero-order valence-corrected chi connectivity index (χ0v) is 13.5. The largest absolute Gasteiger partial charge is 0.433 e. The second-order valence-electron chi connectivity index (χ2n) is 6.36. The maximum absolute atomic E-state index is 12.8. The van der Waals surface area contributed by atoms with Crippen LogP contribution in [-0.2, 0) is 11.0 Å². The molecule has 0 spiro atoms. The highest BCUT2D eigenvalue weighted by Gasteiger charge is 2.34. The summed E-state index contributed by atoms with van der Waals surface area (Å²) in [4.78, 5) is 19.7. The summed E-state index contributed by atoms with van der Waals surface area (Å²) >= 11 is 0. The number of alkyl halides is 3. The SMILES string of the molecule is C[C@@H](C(=O)NC1CC1)N1CCN(c2cccc(C(F)(F)F)n2)CC1. The quantitative estimate of drug-likeness (QED) is 0.908. The molecule has 0 unspecified atom stereocenters. The summed E-state index contributed by atoms with van der Waals surface area (Å²) in [7, 11) is 0. The van der Waals surface area contributed by atoms with Crippen molar-refractivity contribution >= 4 is 11.7 Å². The summed E-state index contributed by atoms with van der Waals surface area (Å²) in [5, 5.41) is 2.99. The lowest BCUT2D eigenvalue weighted by atomic mass is 10.2. The monoisotopic (exact) mass is 342 g/mol. The van der Waals surface area contributed by atoms with Crippen LogP contribution in [0.15, 0.2) is 18.2 Å². The summed E-state index contributed by atoms with van der Waals surface area (Å²) < 4.78 is 38.3. The van der Waals surface area contributed by atoms with E-state index in [0.717, 1.165) is 18.9 Å². The molecule has 3 rings (SSSR count). The number of hydrogen-bond donors (Lipinski definition) is 1. The fourth-order valence-corrected chi connectivity index (χ4v) is 2.81. The fourth-order valence-electron chi connectivity index (χ4n) is 2.81. The Morgan fingerprint density at radius 3 is 2.50 bits per heavy atom. The highest BCUT2D eigenvalue weighted by atomic mass is 19.4. The van der Waals surface area contributed by atoms with Gasteiger partial charge in [-0.05, 0) is 31.9 Å². The number of carbonyl (C=O) groups is 1. The Labute approximate surface area is 138 Å². The molecule has 1 amide bonds. The Kier molecular flexibility index (Phi) is 4.67. The van der Waals surface area contributed by atoms with E-state index >= 15 is 0 Å². The summed E-state index contributed by atoms with van der Waals surface area (Å²) in [6, 6.07) is 4.05. The molecule has 1 aromatic heterocycles. The van der Waals surface area contributed by atoms with Crippen LogP contribution in [0, 0.1) is 0 Å². The summed E-state index contributed by atoms with van der Waals surface area (Å²) in [6.07, 6.45) is -2.34. The molecule has 8 heteroatoms. The molecule has 1 saturated carbocycles. The summed E-state index contributed by atoms with van der Waals surface area (Å²) in [6.45, 7) is 4.22. The lowest BCUT2D eigenvalue weighted by Gasteiger charge is -2.38. The van der Waals surface area contributed by atoms with Gasteiger partial charge in [-0.1, -0.05) is 6.07 Å². The molecular weight excluding hydrogens is 321 g/mol. The van der Waals surface area contributed by atoms with Crippen LogP contribution in [0.25, 0.3) is 0 Å². The molecule has 132 valence electrons. The van der Waals surface area contributed by atoms with E-state index in [0.29, 0.717) is 38.0 Å². The lowest BCUT2D eigenvalue weighted by molar-refractivity contribution is -0.141. The van der Waals surface area contributed by atoms with E-state index in [2.05, 4.69) is 15.2 Å². The van der Waals surface area contributed by atoms with Crippen LogP contribution in [0.3, 0.4) is 0 Å². The molecule has 24 heavy (non-hydrogen) atoms. The van der Waals surface area contributed by atoms with Crippen molar-refractivity contribution in [3.05, 3.63) is 23.9 Å². The predicted octanol–water partition coefficient (Wildman–Crippen LogP) is 1.89. The molecule has 1 saturated heterocycles. The Morgan fingerprint density at radius 1 is 1.25 bits per heavy atom. The van der Waals surface area contributed by atoms with E-state index in [4.69, 9.17) is 0 Å². The highest BCUT2D eigenvalue weighted by molar-refractivity contribution is 5.81. The number of carbonyl (C=O) groups excluding carboxylic acids is 1. The molecule has 0 bridgehead atoms. The van der Waals surface area contributed by atoms with Crippen molar-refractivity contribution in [1.29, 1.82) is 0 Å². The van der Waals surface area contributed by atoms with Crippen LogP contribution in [0.4, 0.5) is 19.0 Å². The van der Waals surface area contributed by atoms with E-state index in [1.165, 1.54) is 6.07 Å². The Bertz CT molecular complexity index is 595. The molecule has 1 atom stereocenters. The summed E-state index contributed by atoms with van der Waals surface area (Å²) in [5.74, 6) is 0.364. The molecule has 5 nitrogen and oxygen atoms in total. The van der Waals surface area contributed by atoms with Crippen LogP contribution in [0.2, 0.25) is 0 Å². The number of nitrogens with zero attached hydrogens (tertiary/aromatic N) is 3. The van der Waals surface area contributed by atoms with Gasteiger partial charge in [0.05, 0.1) is 6.04 Å². The van der Waals surface area contributed by atoms with E-state index in [1.807, 2.05) is 11.8 Å². The van der Waals surface area contributed by atoms with Crippen LogP contribution in [-0.4, -0.2) is 54.1 Å². The van der Waals surface area contributed by atoms with Crippen molar-refractivity contribution in [2.24, 2.45) is 0 Å². The molecule has 2 heterocycles. The number of aromatic nitrogens is 1. The van der Waals surface area contributed by atoms with E-state index < -0.39 is 11.9 Å². The van der Waals surface area contributed by atoms with Gasteiger partial charge in [0, 0.05) is 32.2 Å². The zero-order valence-electron chi connectivity index (χ0n) is 13.5. The van der Waals surface area contributed by atoms with E-state index in [1.54, 1.807) is 6.07 Å². The average Bonchev–Trinajstić information content (AvgIpc) is 3.37. The topological polar surface area (TPSA) is 48.5 Å². The van der Waals surface area contributed by atoms with Crippen molar-refractivity contribution in [2.45, 2.75) is 38.0 Å². The number of piperazine rings is 1. The van der Waals surface area contributed by atoms with Crippen LogP contribution < -0.4 is 10.2 Å². The fraction of sp³-hybridized carbons (Fsp3) is 0.625. The standard InChI is InChI=1S/C16H21F3N4O/c1-11(15(24)20-12-5-6-12)22-7-9-23(10-8-22)14-4-2-3-13(21-14)16(17,18)19/h2-4,11-12H,5-10H2,1H3,(H,20,24)/t11-/m0/s1. The first-order valence-corrected chi connectivity index (χ1v) is 8.18. The molecule has 2 fully saturated rings. The molecular formula is C16H21F3N4O. The van der Waals surface area contributed by atoms with Gasteiger partial charge in [-0.2, -0.15) is 13.2 Å². The third kappa shape index (κ3) is 3.98. The number of anilines is 1. The third-order valence-corrected chi connectivity index (χ3v) is 4.51. The number of amides is 1. The van der Waals surface area contributed by atoms with E-state index in [-0.39, 0.29) is 11.9 Å². The van der Waals surface area contributed by atoms with Gasteiger partial charge >= 0.3 is 6.18 Å². The van der Waals surface area contributed by atoms with E-state index in [9.17, 15) is 18.0 Å². The van der Waals surface area contributed by atoms with Gasteiger partial charge in [0.1, 0.15) is 11.5 Å². The predicted molar refractivity (Wildman–Crippen MR) is 83.7 cm³/mol. The molecule has 1 N–H and O–H groups in total. The smallest absolute Gasteiger partial charge is 0.354 e. The third-order valence-electron chi connectivity index (χ3n) is 4.51. The van der Waals surface area contributed by atoms with Gasteiger partial charge in [-0.3, -0.25) is 9.69 Å². The van der Waals surface area contributed by atoms with Crippen molar-refractivity contribution in [3.63, 3.8) is 0 Å². The minimum absolute atomic E-state index is 0.0307. The van der Waals surface area contributed by atoms with Crippen LogP contribution >= 0.6 is 0 Å². The number of pyridine rings is 1. The number of nitrogens with one attached hydrogen (secondary N) is 1. The number of rotatable bonds is 4. The highest BCUT2D eigenvalue weighted by Crippen LogP contribution is 2.29. The first kappa shape index (κ1) is 17.0. The Hall–Kier alpha value is -1.83. The Balaban J connectivity index is 1.57. The molecule has 0 radical (unpaired) electrons. The first-order valence-electron chi connectivity index (χ1n) is 8.18. The second kappa shape index (κ2) is 6.58. The Morgan fingerprint density at radius 2 is 1.92 bits per heavy atom. The molecule has 1 aliphatic heterocycles. The van der Waals surface area contributed by atoms with Gasteiger partial charge < -0.3 is 10.2 Å². The number of hydrogen-bond acceptors (Lipinski definition) is 4. The van der Waals surface area contributed by atoms with Crippen molar-refractivity contribution in [3.8, 4) is 0 Å². The van der Waals surface area contributed by atoms with Gasteiger partial charge in [0.15, 0.2) is 0 Å². The van der Waals surface area contributed by atoms with Crippen molar-refractivity contribution < 1.29 is 18.0 Å². The van der Waals surface area contributed by atoms with Crippen molar-refractivity contribution in [2.75, 3.05) is 31.1 Å². The summed E-state index contributed by atoms with van der Waals surface area (Å²) in [5.41, 5.74) is -0.875. The molecule has 2 aliphatic rings. The molecule has 1 aliphatic carbocycles. The molecule has 1 aromatic rings. The lowest BCUT2D eigenvalue weighted by Crippen LogP contribution is -2.54. The molecule has 0 aromatic carbocycles. The second-order valence-corrected chi connectivity index (χ2v) is 6.36.